The van der Waals surface area contributed by atoms with E-state index in [-0.39, 0.29) is 17.8 Å². The predicted octanol–water partition coefficient (Wildman–Crippen LogP) is 3.45. The standard InChI is InChI=1S/C19H23FN4O/c1-12-17(18(23-22-12)13-4-5-13)19(25)24-10-2-3-16(11-24)21-15-8-6-14(20)7-9-15/h6-9,13,16,21H,2-5,10-11H2,1H3,(H,22,23)/t16-/m1/s1. The zero-order valence-electron chi connectivity index (χ0n) is 14.4. The topological polar surface area (TPSA) is 61.0 Å². The van der Waals surface area contributed by atoms with Gasteiger partial charge in [0.1, 0.15) is 5.82 Å². The number of rotatable bonds is 4. The van der Waals surface area contributed by atoms with Crippen LogP contribution in [-0.2, 0) is 0 Å². The minimum Gasteiger partial charge on any atom is -0.381 e. The smallest absolute Gasteiger partial charge is 0.257 e. The first-order chi connectivity index (χ1) is 12.1. The number of amides is 1. The summed E-state index contributed by atoms with van der Waals surface area (Å²) >= 11 is 0. The molecule has 1 atom stereocenters. The Morgan fingerprint density at radius 1 is 1.28 bits per heavy atom. The fourth-order valence-electron chi connectivity index (χ4n) is 3.59. The van der Waals surface area contributed by atoms with Crippen LogP contribution >= 0.6 is 0 Å². The first-order valence-electron chi connectivity index (χ1n) is 8.98. The Kier molecular flexibility index (Phi) is 4.19. The van der Waals surface area contributed by atoms with Crippen molar-refractivity contribution in [3.8, 4) is 0 Å². The number of carbonyl (C=O) groups is 1. The number of hydrogen-bond acceptors (Lipinski definition) is 3. The van der Waals surface area contributed by atoms with Gasteiger partial charge in [0, 0.05) is 36.4 Å². The molecule has 1 amide bonds. The fourth-order valence-corrected chi connectivity index (χ4v) is 3.59. The molecule has 2 aliphatic rings. The lowest BCUT2D eigenvalue weighted by atomic mass is 10.0. The number of aromatic amines is 1. The third-order valence-corrected chi connectivity index (χ3v) is 5.08. The van der Waals surface area contributed by atoms with Crippen LogP contribution in [0.1, 0.15) is 53.3 Å². The van der Waals surface area contributed by atoms with E-state index in [1.165, 1.54) is 12.1 Å². The van der Waals surface area contributed by atoms with Gasteiger partial charge in [0.2, 0.25) is 0 Å². The summed E-state index contributed by atoms with van der Waals surface area (Å²) in [5.74, 6) is 0.287. The molecule has 1 aliphatic carbocycles. The lowest BCUT2D eigenvalue weighted by Gasteiger charge is -2.34. The Morgan fingerprint density at radius 2 is 2.04 bits per heavy atom. The average Bonchev–Trinajstić information content (AvgIpc) is 3.39. The summed E-state index contributed by atoms with van der Waals surface area (Å²) in [6.45, 7) is 3.35. The third kappa shape index (κ3) is 3.38. The lowest BCUT2D eigenvalue weighted by molar-refractivity contribution is 0.0713. The molecular weight excluding hydrogens is 319 g/mol. The van der Waals surface area contributed by atoms with Crippen LogP contribution < -0.4 is 5.32 Å². The summed E-state index contributed by atoms with van der Waals surface area (Å²) in [5, 5.41) is 10.8. The van der Waals surface area contributed by atoms with E-state index in [1.54, 1.807) is 12.1 Å². The van der Waals surface area contributed by atoms with Crippen LogP contribution in [0.2, 0.25) is 0 Å². The fraction of sp³-hybridized carbons (Fsp3) is 0.474. The highest BCUT2D eigenvalue weighted by Gasteiger charge is 2.34. The molecule has 1 aliphatic heterocycles. The van der Waals surface area contributed by atoms with E-state index in [1.807, 2.05) is 11.8 Å². The molecule has 0 bridgehead atoms. The summed E-state index contributed by atoms with van der Waals surface area (Å²) in [6, 6.07) is 6.55. The van der Waals surface area contributed by atoms with E-state index in [4.69, 9.17) is 0 Å². The molecule has 2 fully saturated rings. The Morgan fingerprint density at radius 3 is 2.76 bits per heavy atom. The second-order valence-electron chi connectivity index (χ2n) is 7.12. The van der Waals surface area contributed by atoms with E-state index < -0.39 is 0 Å². The monoisotopic (exact) mass is 342 g/mol. The molecule has 6 heteroatoms. The van der Waals surface area contributed by atoms with Gasteiger partial charge in [-0.25, -0.2) is 4.39 Å². The van der Waals surface area contributed by atoms with Crippen LogP contribution in [0.3, 0.4) is 0 Å². The number of nitrogens with one attached hydrogen (secondary N) is 2. The van der Waals surface area contributed by atoms with Crippen LogP contribution in [0.5, 0.6) is 0 Å². The maximum atomic E-state index is 13.1. The molecule has 0 unspecified atom stereocenters. The molecule has 1 aromatic carbocycles. The molecular formula is C19H23FN4O. The van der Waals surface area contributed by atoms with Crippen molar-refractivity contribution in [1.82, 2.24) is 15.1 Å². The normalized spacial score (nSPS) is 20.6. The van der Waals surface area contributed by atoms with Gasteiger partial charge in [0.25, 0.3) is 5.91 Å². The summed E-state index contributed by atoms with van der Waals surface area (Å²) in [6.07, 6.45) is 4.21. The number of H-pyrrole nitrogens is 1. The predicted molar refractivity (Wildman–Crippen MR) is 94.2 cm³/mol. The zero-order valence-corrected chi connectivity index (χ0v) is 14.4. The maximum Gasteiger partial charge on any atom is 0.257 e. The van der Waals surface area contributed by atoms with Crippen molar-refractivity contribution in [3.63, 3.8) is 0 Å². The largest absolute Gasteiger partial charge is 0.381 e. The molecule has 132 valence electrons. The van der Waals surface area contributed by atoms with Crippen molar-refractivity contribution in [2.24, 2.45) is 0 Å². The number of aryl methyl sites for hydroxylation is 1. The van der Waals surface area contributed by atoms with Gasteiger partial charge in [-0.2, -0.15) is 5.10 Å². The Hall–Kier alpha value is -2.37. The number of aromatic nitrogens is 2. The van der Waals surface area contributed by atoms with Crippen molar-refractivity contribution in [3.05, 3.63) is 47.0 Å². The summed E-state index contributed by atoms with van der Waals surface area (Å²) in [4.78, 5) is 15.0. The zero-order chi connectivity index (χ0) is 17.4. The third-order valence-electron chi connectivity index (χ3n) is 5.08. The molecule has 2 aromatic rings. The highest BCUT2D eigenvalue weighted by molar-refractivity contribution is 5.96. The van der Waals surface area contributed by atoms with Crippen LogP contribution in [0.15, 0.2) is 24.3 Å². The summed E-state index contributed by atoms with van der Waals surface area (Å²) < 4.78 is 13.0. The van der Waals surface area contributed by atoms with Crippen molar-refractivity contribution in [1.29, 1.82) is 0 Å². The Bertz CT molecular complexity index is 766. The van der Waals surface area contributed by atoms with Crippen molar-refractivity contribution < 1.29 is 9.18 Å². The van der Waals surface area contributed by atoms with Crippen molar-refractivity contribution in [2.75, 3.05) is 18.4 Å². The number of carbonyl (C=O) groups excluding carboxylic acids is 1. The Balaban J connectivity index is 1.46. The Labute approximate surface area is 146 Å². The van der Waals surface area contributed by atoms with Crippen LogP contribution in [-0.4, -0.2) is 40.1 Å². The minimum absolute atomic E-state index is 0.0822. The first-order valence-corrected chi connectivity index (χ1v) is 8.98. The number of halogens is 1. The molecule has 1 aromatic heterocycles. The molecule has 25 heavy (non-hydrogen) atoms. The molecule has 0 radical (unpaired) electrons. The van der Waals surface area contributed by atoms with Gasteiger partial charge in [-0.1, -0.05) is 0 Å². The number of nitrogens with zero attached hydrogens (tertiary/aromatic N) is 2. The average molecular weight is 342 g/mol. The SMILES string of the molecule is Cc1[nH]nc(C2CC2)c1C(=O)N1CCC[C@@H](Nc2ccc(F)cc2)C1. The molecule has 0 spiro atoms. The number of hydrogen-bond donors (Lipinski definition) is 2. The van der Waals surface area contributed by atoms with Gasteiger partial charge >= 0.3 is 0 Å². The highest BCUT2D eigenvalue weighted by atomic mass is 19.1. The van der Waals surface area contributed by atoms with Gasteiger partial charge in [0.05, 0.1) is 11.3 Å². The molecule has 2 heterocycles. The number of likely N-dealkylation sites (tertiary alicyclic amines) is 1. The second kappa shape index (κ2) is 6.50. The van der Waals surface area contributed by atoms with Crippen LogP contribution in [0.25, 0.3) is 0 Å². The van der Waals surface area contributed by atoms with Crippen LogP contribution in [0, 0.1) is 12.7 Å². The van der Waals surface area contributed by atoms with Crippen molar-refractivity contribution in [2.45, 2.75) is 44.6 Å². The quantitative estimate of drug-likeness (QED) is 0.895. The summed E-state index contributed by atoms with van der Waals surface area (Å²) in [7, 11) is 0. The lowest BCUT2D eigenvalue weighted by Crippen LogP contribution is -2.45. The van der Waals surface area contributed by atoms with E-state index in [0.29, 0.717) is 12.5 Å². The maximum absolute atomic E-state index is 13.1. The molecule has 5 nitrogen and oxygen atoms in total. The van der Waals surface area contributed by atoms with E-state index in [0.717, 1.165) is 54.9 Å². The van der Waals surface area contributed by atoms with E-state index >= 15 is 0 Å². The van der Waals surface area contributed by atoms with Gasteiger partial charge in [-0.3, -0.25) is 9.89 Å². The van der Waals surface area contributed by atoms with E-state index in [9.17, 15) is 9.18 Å². The van der Waals surface area contributed by atoms with Gasteiger partial charge < -0.3 is 10.2 Å². The van der Waals surface area contributed by atoms with E-state index in [2.05, 4.69) is 15.5 Å². The number of benzene rings is 1. The van der Waals surface area contributed by atoms with Gasteiger partial charge in [-0.15, -0.1) is 0 Å². The number of anilines is 1. The molecule has 1 saturated carbocycles. The molecule has 4 rings (SSSR count). The highest BCUT2D eigenvalue weighted by Crippen LogP contribution is 2.41. The van der Waals surface area contributed by atoms with Gasteiger partial charge in [0.15, 0.2) is 0 Å². The minimum atomic E-state index is -0.242. The van der Waals surface area contributed by atoms with Gasteiger partial charge in [-0.05, 0) is 56.9 Å². The number of piperidine rings is 1. The second-order valence-corrected chi connectivity index (χ2v) is 7.12. The van der Waals surface area contributed by atoms with Crippen molar-refractivity contribution >= 4 is 11.6 Å². The molecule has 2 N–H and O–H groups in total. The molecule has 1 saturated heterocycles. The van der Waals surface area contributed by atoms with Crippen LogP contribution in [0.4, 0.5) is 10.1 Å². The summed E-state index contributed by atoms with van der Waals surface area (Å²) in [5.41, 5.74) is 3.46. The first kappa shape index (κ1) is 16.1.